The lowest BCUT2D eigenvalue weighted by molar-refractivity contribution is 0.0593. The van der Waals surface area contributed by atoms with Crippen molar-refractivity contribution in [3.63, 3.8) is 0 Å². The summed E-state index contributed by atoms with van der Waals surface area (Å²) in [5.41, 5.74) is 1.25. The van der Waals surface area contributed by atoms with Gasteiger partial charge in [-0.15, -0.1) is 0 Å². The Hall–Kier alpha value is -2.18. The average molecular weight is 401 g/mol. The molecule has 3 rings (SSSR count). The molecule has 0 bridgehead atoms. The van der Waals surface area contributed by atoms with Crippen LogP contribution in [-0.4, -0.2) is 47.2 Å². The number of ether oxygens (including phenoxy) is 1. The van der Waals surface area contributed by atoms with E-state index < -0.39 is 5.60 Å². The number of rotatable bonds is 6. The van der Waals surface area contributed by atoms with Crippen LogP contribution in [0.5, 0.6) is 0 Å². The summed E-state index contributed by atoms with van der Waals surface area (Å²) >= 11 is 0. The lowest BCUT2D eigenvalue weighted by Gasteiger charge is -2.37. The molecule has 1 saturated heterocycles. The molecule has 1 fully saturated rings. The molecule has 29 heavy (non-hydrogen) atoms. The second-order valence-electron chi connectivity index (χ2n) is 8.50. The molecular weight excluding hydrogens is 368 g/mol. The Morgan fingerprint density at radius 2 is 2.07 bits per heavy atom. The van der Waals surface area contributed by atoms with Gasteiger partial charge in [0.25, 0.3) is 5.91 Å². The topological polar surface area (TPSA) is 75.8 Å². The van der Waals surface area contributed by atoms with Gasteiger partial charge in [0.2, 0.25) is 0 Å². The minimum absolute atomic E-state index is 0.0242. The van der Waals surface area contributed by atoms with Gasteiger partial charge in [-0.25, -0.2) is 4.98 Å². The zero-order valence-electron chi connectivity index (χ0n) is 18.1. The number of aromatic nitrogens is 1. The highest BCUT2D eigenvalue weighted by molar-refractivity contribution is 5.96. The van der Waals surface area contributed by atoms with E-state index in [1.54, 1.807) is 21.0 Å². The van der Waals surface area contributed by atoms with Gasteiger partial charge in [0.05, 0.1) is 12.5 Å². The highest BCUT2D eigenvalue weighted by Gasteiger charge is 2.35. The van der Waals surface area contributed by atoms with Crippen molar-refractivity contribution < 1.29 is 19.1 Å². The fraction of sp³-hybridized carbons (Fsp3) is 0.565. The summed E-state index contributed by atoms with van der Waals surface area (Å²) in [4.78, 5) is 19.9. The van der Waals surface area contributed by atoms with Gasteiger partial charge in [-0.3, -0.25) is 4.79 Å². The first kappa shape index (κ1) is 21.5. The van der Waals surface area contributed by atoms with Gasteiger partial charge >= 0.3 is 0 Å². The maximum Gasteiger partial charge on any atom is 0.254 e. The van der Waals surface area contributed by atoms with E-state index in [-0.39, 0.29) is 17.9 Å². The number of aliphatic hydroxyl groups is 1. The molecule has 2 atom stereocenters. The summed E-state index contributed by atoms with van der Waals surface area (Å²) in [5, 5.41) is 10.3. The van der Waals surface area contributed by atoms with Crippen LogP contribution in [0.4, 0.5) is 0 Å². The van der Waals surface area contributed by atoms with Crippen LogP contribution >= 0.6 is 0 Å². The lowest BCUT2D eigenvalue weighted by atomic mass is 9.92. The molecule has 1 unspecified atom stereocenters. The van der Waals surface area contributed by atoms with E-state index in [2.05, 4.69) is 11.9 Å². The van der Waals surface area contributed by atoms with Crippen molar-refractivity contribution in [2.24, 2.45) is 0 Å². The van der Waals surface area contributed by atoms with E-state index in [1.165, 1.54) is 0 Å². The van der Waals surface area contributed by atoms with E-state index in [4.69, 9.17) is 9.15 Å². The van der Waals surface area contributed by atoms with Crippen molar-refractivity contribution in [2.45, 2.75) is 64.5 Å². The largest absolute Gasteiger partial charge is 0.445 e. The van der Waals surface area contributed by atoms with Gasteiger partial charge in [-0.2, -0.15) is 0 Å². The quantitative estimate of drug-likeness (QED) is 0.798. The number of likely N-dealkylation sites (tertiary alicyclic amines) is 1. The third kappa shape index (κ3) is 4.70. The number of nitrogens with zero attached hydrogens (tertiary/aromatic N) is 2. The number of benzene rings is 1. The molecule has 1 aliphatic rings. The average Bonchev–Trinajstić information content (AvgIpc) is 3.08. The summed E-state index contributed by atoms with van der Waals surface area (Å²) < 4.78 is 11.1. The van der Waals surface area contributed by atoms with Gasteiger partial charge in [0, 0.05) is 25.3 Å². The number of carbonyl (C=O) groups excluding carboxylic acids is 1. The van der Waals surface area contributed by atoms with E-state index in [1.807, 2.05) is 36.1 Å². The van der Waals surface area contributed by atoms with Crippen molar-refractivity contribution in [1.29, 1.82) is 0 Å². The summed E-state index contributed by atoms with van der Waals surface area (Å²) in [5.74, 6) is 1.31. The highest BCUT2D eigenvalue weighted by Crippen LogP contribution is 2.33. The zero-order valence-corrected chi connectivity index (χ0v) is 18.1. The fourth-order valence-electron chi connectivity index (χ4n) is 4.06. The number of piperidine rings is 1. The van der Waals surface area contributed by atoms with Crippen LogP contribution in [0.1, 0.15) is 72.8 Å². The molecule has 0 spiro atoms. The smallest absolute Gasteiger partial charge is 0.254 e. The van der Waals surface area contributed by atoms with Gasteiger partial charge in [0.15, 0.2) is 5.89 Å². The zero-order chi connectivity index (χ0) is 21.2. The Bertz CT molecular complexity index is 853. The van der Waals surface area contributed by atoms with Crippen molar-refractivity contribution in [3.8, 4) is 0 Å². The molecular formula is C23H32N2O4. The van der Waals surface area contributed by atoms with Gasteiger partial charge in [-0.05, 0) is 58.6 Å². The minimum Gasteiger partial charge on any atom is -0.445 e. The molecule has 158 valence electrons. The molecule has 1 amide bonds. The Labute approximate surface area is 172 Å². The number of hydrogen-bond acceptors (Lipinski definition) is 5. The highest BCUT2D eigenvalue weighted by atomic mass is 16.5. The number of aryl methyl sites for hydroxylation is 1. The molecule has 1 aromatic heterocycles. The molecule has 0 saturated carbocycles. The Morgan fingerprint density at radius 3 is 2.72 bits per heavy atom. The van der Waals surface area contributed by atoms with Gasteiger partial charge < -0.3 is 19.2 Å². The van der Waals surface area contributed by atoms with Crippen molar-refractivity contribution in [3.05, 3.63) is 52.7 Å². The molecule has 1 N–H and O–H groups in total. The Balaban J connectivity index is 1.83. The summed E-state index contributed by atoms with van der Waals surface area (Å²) in [6, 6.07) is 7.90. The van der Waals surface area contributed by atoms with Crippen molar-refractivity contribution in [2.75, 3.05) is 20.3 Å². The number of oxazole rings is 1. The molecule has 2 aromatic rings. The van der Waals surface area contributed by atoms with Crippen LogP contribution in [0, 0.1) is 6.92 Å². The van der Waals surface area contributed by atoms with Crippen molar-refractivity contribution >= 4 is 5.91 Å². The molecule has 6 heteroatoms. The second-order valence-corrected chi connectivity index (χ2v) is 8.50. The lowest BCUT2D eigenvalue weighted by Crippen LogP contribution is -2.45. The first-order chi connectivity index (χ1) is 13.7. The SMILES string of the molecule is COCCc1ccccc1C(=O)N1CC(c2nc(C(C)(C)O)c(C)o2)CC[C@H]1C. The van der Waals surface area contributed by atoms with E-state index >= 15 is 0 Å². The summed E-state index contributed by atoms with van der Waals surface area (Å²) in [6.45, 7) is 8.47. The third-order valence-electron chi connectivity index (χ3n) is 5.71. The molecule has 1 aromatic carbocycles. The van der Waals surface area contributed by atoms with E-state index in [0.717, 1.165) is 24.0 Å². The monoisotopic (exact) mass is 400 g/mol. The predicted molar refractivity (Wildman–Crippen MR) is 111 cm³/mol. The number of carbonyl (C=O) groups is 1. The molecule has 6 nitrogen and oxygen atoms in total. The minimum atomic E-state index is -1.05. The first-order valence-corrected chi connectivity index (χ1v) is 10.3. The second kappa shape index (κ2) is 8.67. The maximum absolute atomic E-state index is 13.4. The fourth-order valence-corrected chi connectivity index (χ4v) is 4.06. The third-order valence-corrected chi connectivity index (χ3v) is 5.71. The van der Waals surface area contributed by atoms with Crippen molar-refractivity contribution in [1.82, 2.24) is 9.88 Å². The molecule has 0 aliphatic carbocycles. The molecule has 1 aliphatic heterocycles. The van der Waals surface area contributed by atoms with E-state index in [9.17, 15) is 9.90 Å². The first-order valence-electron chi connectivity index (χ1n) is 10.3. The summed E-state index contributed by atoms with van der Waals surface area (Å²) in [6.07, 6.45) is 2.50. The predicted octanol–water partition coefficient (Wildman–Crippen LogP) is 3.81. The van der Waals surface area contributed by atoms with Gasteiger partial charge in [-0.1, -0.05) is 18.2 Å². The number of amides is 1. The van der Waals surface area contributed by atoms with Gasteiger partial charge in [0.1, 0.15) is 17.1 Å². The van der Waals surface area contributed by atoms with E-state index in [0.29, 0.717) is 36.9 Å². The Kier molecular flexibility index (Phi) is 6.44. The maximum atomic E-state index is 13.4. The van der Waals surface area contributed by atoms with Crippen LogP contribution in [-0.2, 0) is 16.8 Å². The molecule has 2 heterocycles. The molecule has 0 radical (unpaired) electrons. The Morgan fingerprint density at radius 1 is 1.34 bits per heavy atom. The standard InChI is InChI=1S/C23H32N2O4/c1-15-10-11-18(21-24-20(16(2)29-21)23(3,4)27)14-25(15)22(26)19-9-7-6-8-17(19)12-13-28-5/h6-9,15,18,27H,10-14H2,1-5H3/t15-,18?/m1/s1. The normalized spacial score (nSPS) is 20.1. The van der Waals surface area contributed by atoms with Crippen LogP contribution in [0.3, 0.4) is 0 Å². The summed E-state index contributed by atoms with van der Waals surface area (Å²) in [7, 11) is 1.67. The van der Waals surface area contributed by atoms with Crippen LogP contribution in [0.25, 0.3) is 0 Å². The number of methoxy groups -OCH3 is 1. The van der Waals surface area contributed by atoms with Crippen LogP contribution in [0.15, 0.2) is 28.7 Å². The number of hydrogen-bond donors (Lipinski definition) is 1. The van der Waals surface area contributed by atoms with Crippen LogP contribution in [0.2, 0.25) is 0 Å². The van der Waals surface area contributed by atoms with Crippen LogP contribution < -0.4 is 0 Å².